The van der Waals surface area contributed by atoms with E-state index in [1.165, 1.54) is 35.5 Å². The largest absolute Gasteiger partial charge is 0.459 e. The summed E-state index contributed by atoms with van der Waals surface area (Å²) in [5.41, 5.74) is -2.01. The lowest BCUT2D eigenvalue weighted by molar-refractivity contribution is -0.291. The van der Waals surface area contributed by atoms with Crippen LogP contribution in [0.5, 0.6) is 0 Å². The number of nitrogens with zero attached hydrogens (tertiary/aromatic N) is 9. The Labute approximate surface area is 193 Å². The Bertz CT molecular complexity index is 1530. The molecule has 0 saturated heterocycles. The second-order valence-corrected chi connectivity index (χ2v) is 9.54. The zero-order valence-corrected chi connectivity index (χ0v) is 19.1. The Morgan fingerprint density at radius 1 is 1.00 bits per heavy atom. The minimum absolute atomic E-state index is 0.129. The number of fused-ring (bicyclic) bond motifs is 1. The number of sulfone groups is 1. The summed E-state index contributed by atoms with van der Waals surface area (Å²) in [5.74, 6) is -5.44. The van der Waals surface area contributed by atoms with Crippen LogP contribution in [0.3, 0.4) is 0 Å². The van der Waals surface area contributed by atoms with Crippen molar-refractivity contribution in [3.05, 3.63) is 24.0 Å². The fraction of sp³-hybridized carbons (Fsp3) is 0.389. The van der Waals surface area contributed by atoms with Crippen molar-refractivity contribution >= 4 is 21.0 Å². The van der Waals surface area contributed by atoms with E-state index in [1.807, 2.05) is 0 Å². The zero-order valence-electron chi connectivity index (χ0n) is 18.3. The first-order valence-corrected chi connectivity index (χ1v) is 11.6. The standard InChI is InChI=1S/C18H16F5N9O2S/c1-4-32-14(28-29-30-32)9-6-11(35(33,34)5-2)13(24-8-9)16-25-10-7-12(17(19,20)18(21,22)23)26-27-15(10)31(16)3/h6-8H,4-5H2,1-3H3. The topological polar surface area (TPSA) is 134 Å². The fourth-order valence-corrected chi connectivity index (χ4v) is 4.30. The van der Waals surface area contributed by atoms with Crippen LogP contribution in [0.2, 0.25) is 0 Å². The summed E-state index contributed by atoms with van der Waals surface area (Å²) in [5, 5.41) is 17.7. The Morgan fingerprint density at radius 2 is 1.71 bits per heavy atom. The molecular weight excluding hydrogens is 501 g/mol. The van der Waals surface area contributed by atoms with Gasteiger partial charge in [-0.1, -0.05) is 6.92 Å². The van der Waals surface area contributed by atoms with Gasteiger partial charge in [0.05, 0.1) is 10.6 Å². The lowest BCUT2D eigenvalue weighted by Gasteiger charge is -2.17. The van der Waals surface area contributed by atoms with Crippen LogP contribution in [0.4, 0.5) is 22.0 Å². The van der Waals surface area contributed by atoms with Crippen LogP contribution in [0.1, 0.15) is 19.5 Å². The molecule has 0 atom stereocenters. The second-order valence-electron chi connectivity index (χ2n) is 7.30. The summed E-state index contributed by atoms with van der Waals surface area (Å²) in [6.45, 7) is 3.59. The molecule has 0 aromatic carbocycles. The summed E-state index contributed by atoms with van der Waals surface area (Å²) in [6, 6.07) is 1.75. The molecule has 186 valence electrons. The molecule has 17 heteroatoms. The number of halogens is 5. The van der Waals surface area contributed by atoms with Gasteiger partial charge in [-0.3, -0.25) is 4.98 Å². The van der Waals surface area contributed by atoms with Crippen LogP contribution in [-0.4, -0.2) is 65.3 Å². The Balaban J connectivity index is 1.93. The Morgan fingerprint density at radius 3 is 2.34 bits per heavy atom. The van der Waals surface area contributed by atoms with Gasteiger partial charge in [-0.05, 0) is 29.5 Å². The molecule has 0 saturated carbocycles. The molecule has 0 unspecified atom stereocenters. The smallest absolute Gasteiger partial charge is 0.309 e. The minimum atomic E-state index is -5.89. The van der Waals surface area contributed by atoms with Gasteiger partial charge in [-0.15, -0.1) is 15.3 Å². The predicted octanol–water partition coefficient (Wildman–Crippen LogP) is 2.55. The van der Waals surface area contributed by atoms with Crippen LogP contribution in [0.15, 0.2) is 23.2 Å². The van der Waals surface area contributed by atoms with Gasteiger partial charge in [0.25, 0.3) is 0 Å². The Hall–Kier alpha value is -3.63. The van der Waals surface area contributed by atoms with Crippen molar-refractivity contribution in [2.75, 3.05) is 5.75 Å². The van der Waals surface area contributed by atoms with Crippen LogP contribution in [0.25, 0.3) is 34.1 Å². The van der Waals surface area contributed by atoms with Gasteiger partial charge < -0.3 is 4.57 Å². The van der Waals surface area contributed by atoms with E-state index < -0.39 is 27.6 Å². The van der Waals surface area contributed by atoms with Crippen molar-refractivity contribution in [1.29, 1.82) is 0 Å². The van der Waals surface area contributed by atoms with Gasteiger partial charge >= 0.3 is 12.1 Å². The lowest BCUT2D eigenvalue weighted by atomic mass is 10.2. The molecule has 0 amide bonds. The highest BCUT2D eigenvalue weighted by Crippen LogP contribution is 2.43. The maximum Gasteiger partial charge on any atom is 0.459 e. The van der Waals surface area contributed by atoms with E-state index in [9.17, 15) is 30.4 Å². The average Bonchev–Trinajstić information content (AvgIpc) is 3.42. The van der Waals surface area contributed by atoms with Gasteiger partial charge in [0.2, 0.25) is 0 Å². The maximum atomic E-state index is 13.8. The van der Waals surface area contributed by atoms with E-state index in [0.29, 0.717) is 18.2 Å². The number of aryl methyl sites for hydroxylation is 2. The zero-order chi connectivity index (χ0) is 25.8. The second kappa shape index (κ2) is 8.24. The van der Waals surface area contributed by atoms with Crippen molar-refractivity contribution in [1.82, 2.24) is 44.9 Å². The molecule has 4 rings (SSSR count). The average molecular weight is 517 g/mol. The fourth-order valence-electron chi connectivity index (χ4n) is 3.25. The number of alkyl halides is 5. The highest BCUT2D eigenvalue weighted by molar-refractivity contribution is 7.91. The van der Waals surface area contributed by atoms with Gasteiger partial charge in [0.1, 0.15) is 16.9 Å². The number of rotatable bonds is 6. The van der Waals surface area contributed by atoms with Crippen LogP contribution < -0.4 is 0 Å². The summed E-state index contributed by atoms with van der Waals surface area (Å²) < 4.78 is 94.2. The Kier molecular flexibility index (Phi) is 5.77. The number of tetrazole rings is 1. The summed E-state index contributed by atoms with van der Waals surface area (Å²) in [7, 11) is -2.54. The quantitative estimate of drug-likeness (QED) is 0.354. The van der Waals surface area contributed by atoms with E-state index in [0.717, 1.165) is 0 Å². The highest BCUT2D eigenvalue weighted by atomic mass is 32.2. The first kappa shape index (κ1) is 24.5. The molecule has 0 radical (unpaired) electrons. The predicted molar refractivity (Wildman–Crippen MR) is 110 cm³/mol. The molecule has 11 nitrogen and oxygen atoms in total. The maximum absolute atomic E-state index is 13.8. The molecule has 0 aliphatic rings. The molecular formula is C18H16F5N9O2S. The lowest BCUT2D eigenvalue weighted by Crippen LogP contribution is -2.34. The molecule has 4 heterocycles. The van der Waals surface area contributed by atoms with Crippen LogP contribution >= 0.6 is 0 Å². The third-order valence-electron chi connectivity index (χ3n) is 5.16. The van der Waals surface area contributed by atoms with Gasteiger partial charge in [0.15, 0.2) is 27.1 Å². The van der Waals surface area contributed by atoms with Crippen molar-refractivity contribution in [2.24, 2.45) is 7.05 Å². The molecule has 35 heavy (non-hydrogen) atoms. The van der Waals surface area contributed by atoms with E-state index in [1.54, 1.807) is 6.92 Å². The third kappa shape index (κ3) is 3.98. The number of hydrogen-bond donors (Lipinski definition) is 0. The molecule has 0 N–H and O–H groups in total. The van der Waals surface area contributed by atoms with E-state index in [-0.39, 0.29) is 39.2 Å². The van der Waals surface area contributed by atoms with Crippen LogP contribution in [0, 0.1) is 0 Å². The molecule has 0 fully saturated rings. The summed E-state index contributed by atoms with van der Waals surface area (Å²) >= 11 is 0. The van der Waals surface area contributed by atoms with E-state index in [4.69, 9.17) is 0 Å². The summed E-state index contributed by atoms with van der Waals surface area (Å²) in [4.78, 5) is 8.02. The molecule has 4 aromatic heterocycles. The van der Waals surface area contributed by atoms with Gasteiger partial charge in [-0.25, -0.2) is 18.1 Å². The summed E-state index contributed by atoms with van der Waals surface area (Å²) in [6.07, 6.45) is -4.59. The normalized spacial score (nSPS) is 13.0. The van der Waals surface area contributed by atoms with Crippen molar-refractivity contribution < 1.29 is 30.4 Å². The number of hydrogen-bond acceptors (Lipinski definition) is 9. The first-order chi connectivity index (χ1) is 16.3. The molecule has 0 bridgehead atoms. The molecule has 0 spiro atoms. The van der Waals surface area contributed by atoms with Crippen molar-refractivity contribution in [3.63, 3.8) is 0 Å². The van der Waals surface area contributed by atoms with E-state index in [2.05, 4.69) is 35.7 Å². The third-order valence-corrected chi connectivity index (χ3v) is 6.91. The number of imidazole rings is 1. The van der Waals surface area contributed by atoms with Crippen LogP contribution in [-0.2, 0) is 29.4 Å². The highest BCUT2D eigenvalue weighted by Gasteiger charge is 2.60. The number of aromatic nitrogens is 9. The number of pyridine rings is 1. The minimum Gasteiger partial charge on any atom is -0.309 e. The SMILES string of the molecule is CCn1nnnc1-c1cnc(-c2nc3cc(C(F)(F)C(F)(F)F)nnc3n2C)c(S(=O)(=O)CC)c1. The van der Waals surface area contributed by atoms with Gasteiger partial charge in [0, 0.05) is 25.4 Å². The molecule has 0 aliphatic carbocycles. The molecule has 4 aromatic rings. The molecule has 0 aliphatic heterocycles. The van der Waals surface area contributed by atoms with Crippen molar-refractivity contribution in [3.8, 4) is 22.9 Å². The van der Waals surface area contributed by atoms with E-state index >= 15 is 0 Å². The van der Waals surface area contributed by atoms with Crippen molar-refractivity contribution in [2.45, 2.75) is 37.4 Å². The van der Waals surface area contributed by atoms with Gasteiger partial charge in [-0.2, -0.15) is 22.0 Å². The monoisotopic (exact) mass is 517 g/mol. The first-order valence-electron chi connectivity index (χ1n) is 9.96.